The Morgan fingerprint density at radius 2 is 1.30 bits per heavy atom. The maximum atomic E-state index is 12.8. The van der Waals surface area contributed by atoms with Gasteiger partial charge in [-0.3, -0.25) is 9.69 Å². The summed E-state index contributed by atoms with van der Waals surface area (Å²) in [7, 11) is -3.46. The van der Waals surface area contributed by atoms with Crippen LogP contribution in [-0.4, -0.2) is 43.2 Å². The molecule has 7 heteroatoms. The Morgan fingerprint density at radius 3 is 1.82 bits per heavy atom. The molecule has 0 atom stereocenters. The lowest BCUT2D eigenvalue weighted by Gasteiger charge is -2.22. The third-order valence-corrected chi connectivity index (χ3v) is 7.62. The Kier molecular flexibility index (Phi) is 7.54. The number of nitrogens with zero attached hydrogens (tertiary/aromatic N) is 2. The van der Waals surface area contributed by atoms with Crippen LogP contribution in [0.5, 0.6) is 0 Å². The normalized spacial score (nSPS) is 14.5. The number of anilines is 1. The van der Waals surface area contributed by atoms with Crippen LogP contribution in [0, 0.1) is 0 Å². The number of nitrogens with one attached hydrogen (secondary N) is 1. The second-order valence-electron chi connectivity index (χ2n) is 8.30. The quantitative estimate of drug-likeness (QED) is 0.518. The van der Waals surface area contributed by atoms with Crippen molar-refractivity contribution in [3.8, 4) is 0 Å². The predicted molar refractivity (Wildman–Crippen MR) is 130 cm³/mol. The van der Waals surface area contributed by atoms with Crippen molar-refractivity contribution < 1.29 is 13.2 Å². The average Bonchev–Trinajstić information content (AvgIpc) is 3.37. The first-order chi connectivity index (χ1) is 16.0. The molecule has 172 valence electrons. The van der Waals surface area contributed by atoms with E-state index in [0.717, 1.165) is 24.0 Å². The second-order valence-corrected chi connectivity index (χ2v) is 10.2. The van der Waals surface area contributed by atoms with Crippen LogP contribution in [-0.2, 0) is 27.9 Å². The number of rotatable bonds is 9. The molecule has 0 saturated carbocycles. The minimum atomic E-state index is -3.46. The van der Waals surface area contributed by atoms with Gasteiger partial charge in [0.2, 0.25) is 15.9 Å². The molecule has 0 aliphatic carbocycles. The van der Waals surface area contributed by atoms with E-state index < -0.39 is 10.0 Å². The molecule has 1 heterocycles. The highest BCUT2D eigenvalue weighted by molar-refractivity contribution is 7.89. The molecule has 3 aromatic carbocycles. The van der Waals surface area contributed by atoms with E-state index in [-0.39, 0.29) is 17.3 Å². The molecule has 1 amide bonds. The van der Waals surface area contributed by atoms with Gasteiger partial charge in [0.15, 0.2) is 0 Å². The fourth-order valence-electron chi connectivity index (χ4n) is 4.04. The summed E-state index contributed by atoms with van der Waals surface area (Å²) in [6, 6.07) is 26.6. The van der Waals surface area contributed by atoms with Gasteiger partial charge >= 0.3 is 0 Å². The zero-order chi connectivity index (χ0) is 23.1. The van der Waals surface area contributed by atoms with Crippen LogP contribution in [0.1, 0.15) is 24.0 Å². The van der Waals surface area contributed by atoms with Crippen molar-refractivity contribution in [2.75, 3.05) is 25.0 Å². The van der Waals surface area contributed by atoms with E-state index in [4.69, 9.17) is 0 Å². The number of sulfonamides is 1. The van der Waals surface area contributed by atoms with Crippen LogP contribution < -0.4 is 5.32 Å². The van der Waals surface area contributed by atoms with Gasteiger partial charge in [0.25, 0.3) is 0 Å². The van der Waals surface area contributed by atoms with Crippen LogP contribution in [0.3, 0.4) is 0 Å². The van der Waals surface area contributed by atoms with E-state index in [1.807, 2.05) is 36.4 Å². The molecular formula is C26H29N3O3S. The van der Waals surface area contributed by atoms with Crippen LogP contribution in [0.15, 0.2) is 89.8 Å². The SMILES string of the molecule is O=C(CN(Cc1ccccc1)Cc1ccccc1)Nc1ccc(S(=O)(=O)N2CCCC2)cc1. The Bertz CT molecular complexity index is 1100. The fraction of sp³-hybridized carbons (Fsp3) is 0.269. The topological polar surface area (TPSA) is 69.7 Å². The third kappa shape index (κ3) is 6.28. The molecule has 0 spiro atoms. The van der Waals surface area contributed by atoms with Crippen molar-refractivity contribution in [1.82, 2.24) is 9.21 Å². The molecule has 0 aromatic heterocycles. The smallest absolute Gasteiger partial charge is 0.243 e. The summed E-state index contributed by atoms with van der Waals surface area (Å²) in [4.78, 5) is 15.2. The Morgan fingerprint density at radius 1 is 0.788 bits per heavy atom. The number of carbonyl (C=O) groups excluding carboxylic acids is 1. The highest BCUT2D eigenvalue weighted by Gasteiger charge is 2.27. The lowest BCUT2D eigenvalue weighted by molar-refractivity contribution is -0.117. The number of hydrogen-bond donors (Lipinski definition) is 1. The number of benzene rings is 3. The van der Waals surface area contributed by atoms with Crippen molar-refractivity contribution in [2.24, 2.45) is 0 Å². The van der Waals surface area contributed by atoms with Gasteiger partial charge in [0.05, 0.1) is 11.4 Å². The molecule has 6 nitrogen and oxygen atoms in total. The molecule has 1 aliphatic rings. The van der Waals surface area contributed by atoms with Gasteiger partial charge in [-0.15, -0.1) is 0 Å². The first kappa shape index (κ1) is 23.2. The molecule has 0 unspecified atom stereocenters. The minimum Gasteiger partial charge on any atom is -0.325 e. The fourth-order valence-corrected chi connectivity index (χ4v) is 5.56. The summed E-state index contributed by atoms with van der Waals surface area (Å²) in [5.74, 6) is -0.142. The lowest BCUT2D eigenvalue weighted by atomic mass is 10.1. The van der Waals surface area contributed by atoms with E-state index in [1.54, 1.807) is 24.3 Å². The highest BCUT2D eigenvalue weighted by atomic mass is 32.2. The van der Waals surface area contributed by atoms with Gasteiger partial charge in [-0.2, -0.15) is 4.31 Å². The average molecular weight is 464 g/mol. The van der Waals surface area contributed by atoms with Crippen LogP contribution in [0.4, 0.5) is 5.69 Å². The zero-order valence-electron chi connectivity index (χ0n) is 18.6. The van der Waals surface area contributed by atoms with Crippen molar-refractivity contribution in [3.05, 3.63) is 96.1 Å². The summed E-state index contributed by atoms with van der Waals surface area (Å²) in [5, 5.41) is 2.90. The van der Waals surface area contributed by atoms with Gasteiger partial charge in [0.1, 0.15) is 0 Å². The molecule has 1 saturated heterocycles. The molecule has 33 heavy (non-hydrogen) atoms. The number of carbonyl (C=O) groups is 1. The van der Waals surface area contributed by atoms with Gasteiger partial charge in [-0.25, -0.2) is 8.42 Å². The number of hydrogen-bond acceptors (Lipinski definition) is 4. The Hall–Kier alpha value is -3.00. The summed E-state index contributed by atoms with van der Waals surface area (Å²) < 4.78 is 26.9. The van der Waals surface area contributed by atoms with E-state index in [1.165, 1.54) is 4.31 Å². The van der Waals surface area contributed by atoms with Gasteiger partial charge in [0, 0.05) is 31.9 Å². The van der Waals surface area contributed by atoms with E-state index in [2.05, 4.69) is 34.5 Å². The predicted octanol–water partition coefficient (Wildman–Crippen LogP) is 4.11. The van der Waals surface area contributed by atoms with Crippen LogP contribution in [0.25, 0.3) is 0 Å². The molecule has 1 aliphatic heterocycles. The van der Waals surface area contributed by atoms with E-state index in [9.17, 15) is 13.2 Å². The van der Waals surface area contributed by atoms with Crippen molar-refractivity contribution >= 4 is 21.6 Å². The molecule has 4 rings (SSSR count). The van der Waals surface area contributed by atoms with Gasteiger partial charge in [-0.05, 0) is 48.2 Å². The molecule has 1 fully saturated rings. The van der Waals surface area contributed by atoms with Gasteiger partial charge < -0.3 is 5.32 Å². The molecule has 0 radical (unpaired) electrons. The summed E-state index contributed by atoms with van der Waals surface area (Å²) in [5.41, 5.74) is 2.86. The molecular weight excluding hydrogens is 434 g/mol. The lowest BCUT2D eigenvalue weighted by Crippen LogP contribution is -2.32. The van der Waals surface area contributed by atoms with Crippen molar-refractivity contribution in [3.63, 3.8) is 0 Å². The largest absolute Gasteiger partial charge is 0.325 e. The summed E-state index contributed by atoms with van der Waals surface area (Å²) in [6.07, 6.45) is 1.80. The highest BCUT2D eigenvalue weighted by Crippen LogP contribution is 2.22. The summed E-state index contributed by atoms with van der Waals surface area (Å²) in [6.45, 7) is 2.66. The minimum absolute atomic E-state index is 0.142. The van der Waals surface area contributed by atoms with E-state index in [0.29, 0.717) is 31.9 Å². The van der Waals surface area contributed by atoms with Crippen LogP contribution >= 0.6 is 0 Å². The standard InChI is InChI=1S/C26H29N3O3S/c30-26(27-24-13-15-25(16-14-24)33(31,32)29-17-7-8-18-29)21-28(19-22-9-3-1-4-10-22)20-23-11-5-2-6-12-23/h1-6,9-16H,7-8,17-21H2,(H,27,30). The van der Waals surface area contributed by atoms with E-state index >= 15 is 0 Å². The maximum absolute atomic E-state index is 12.8. The van der Waals surface area contributed by atoms with Crippen LogP contribution in [0.2, 0.25) is 0 Å². The monoisotopic (exact) mass is 463 g/mol. The first-order valence-electron chi connectivity index (χ1n) is 11.2. The number of amides is 1. The first-order valence-corrected chi connectivity index (χ1v) is 12.6. The maximum Gasteiger partial charge on any atom is 0.243 e. The third-order valence-electron chi connectivity index (χ3n) is 5.71. The second kappa shape index (κ2) is 10.7. The summed E-state index contributed by atoms with van der Waals surface area (Å²) >= 11 is 0. The zero-order valence-corrected chi connectivity index (χ0v) is 19.4. The van der Waals surface area contributed by atoms with Gasteiger partial charge in [-0.1, -0.05) is 60.7 Å². The molecule has 3 aromatic rings. The Balaban J connectivity index is 1.41. The van der Waals surface area contributed by atoms with Crippen molar-refractivity contribution in [1.29, 1.82) is 0 Å². The molecule has 0 bridgehead atoms. The Labute approximate surface area is 195 Å². The molecule has 1 N–H and O–H groups in total. The van der Waals surface area contributed by atoms with Crippen molar-refractivity contribution in [2.45, 2.75) is 30.8 Å².